The van der Waals surface area contributed by atoms with E-state index < -0.39 is 34.2 Å². The molecule has 0 fully saturated rings. The van der Waals surface area contributed by atoms with Crippen molar-refractivity contribution >= 4 is 39.0 Å². The molecule has 1 atom stereocenters. The Morgan fingerprint density at radius 2 is 1.74 bits per heavy atom. The van der Waals surface area contributed by atoms with Crippen LogP contribution in [0.15, 0.2) is 57.8 Å². The summed E-state index contributed by atoms with van der Waals surface area (Å²) in [7, 11) is -1.70. The second-order valence-corrected chi connectivity index (χ2v) is 7.97. The van der Waals surface area contributed by atoms with E-state index in [9.17, 15) is 22.6 Å². The number of thiophene rings is 1. The molecule has 0 aliphatic heterocycles. The van der Waals surface area contributed by atoms with Crippen molar-refractivity contribution in [1.82, 2.24) is 4.98 Å². The molecular weight excluding hydrogens is 396 g/mol. The average Bonchev–Trinajstić information content (AvgIpc) is 3.06. The molecule has 3 N–H and O–H groups in total. The van der Waals surface area contributed by atoms with Crippen LogP contribution in [-0.4, -0.2) is 21.0 Å². The molecule has 2 aromatic heterocycles. The Hall–Kier alpha value is -2.98. The van der Waals surface area contributed by atoms with Gasteiger partial charge in [0.15, 0.2) is 0 Å². The highest BCUT2D eigenvalue weighted by Gasteiger charge is 2.20. The van der Waals surface area contributed by atoms with Crippen molar-refractivity contribution in [3.8, 4) is 0 Å². The minimum absolute atomic E-state index is 0.0269. The Balaban J connectivity index is 1.90. The number of hydrogen-bond acceptors (Lipinski definition) is 5. The Bertz CT molecular complexity index is 1030. The molecule has 10 heteroatoms. The van der Waals surface area contributed by atoms with Crippen LogP contribution in [0.3, 0.4) is 0 Å². The molecule has 3 rings (SSSR count). The van der Waals surface area contributed by atoms with Gasteiger partial charge in [-0.2, -0.15) is 0 Å². The Morgan fingerprint density at radius 3 is 2.33 bits per heavy atom. The second-order valence-electron chi connectivity index (χ2n) is 5.21. The van der Waals surface area contributed by atoms with Crippen LogP contribution in [0.2, 0.25) is 0 Å². The van der Waals surface area contributed by atoms with Crippen LogP contribution in [-0.2, 0) is 10.8 Å². The topological polar surface area (TPSA) is 102 Å². The number of rotatable bonds is 5. The number of nitrogens with one attached hydrogen (secondary N) is 1. The van der Waals surface area contributed by atoms with E-state index in [4.69, 9.17) is 5.73 Å². The van der Waals surface area contributed by atoms with Gasteiger partial charge in [0, 0.05) is 4.90 Å². The summed E-state index contributed by atoms with van der Waals surface area (Å²) in [4.78, 5) is 27.9. The van der Waals surface area contributed by atoms with Gasteiger partial charge in [0.25, 0.3) is 11.8 Å². The smallest absolute Gasteiger partial charge is 0.274 e. The number of nitrogens with zero attached hydrogens (tertiary/aromatic N) is 1. The molecule has 0 saturated heterocycles. The third kappa shape index (κ3) is 4.23. The molecule has 0 saturated carbocycles. The molecule has 0 bridgehead atoms. The molecule has 1 aromatic carbocycles. The van der Waals surface area contributed by atoms with Gasteiger partial charge in [-0.3, -0.25) is 9.59 Å². The van der Waals surface area contributed by atoms with Crippen LogP contribution in [0, 0.1) is 11.6 Å². The zero-order valence-corrected chi connectivity index (χ0v) is 15.1. The van der Waals surface area contributed by atoms with E-state index >= 15 is 0 Å². The van der Waals surface area contributed by atoms with Gasteiger partial charge in [0.2, 0.25) is 0 Å². The van der Waals surface area contributed by atoms with Crippen molar-refractivity contribution in [2.75, 3.05) is 5.32 Å². The van der Waals surface area contributed by atoms with E-state index in [2.05, 4.69) is 10.3 Å². The first-order valence-electron chi connectivity index (χ1n) is 7.39. The van der Waals surface area contributed by atoms with E-state index in [1.54, 1.807) is 0 Å². The summed E-state index contributed by atoms with van der Waals surface area (Å²) in [6.07, 6.45) is 0.882. The summed E-state index contributed by atoms with van der Waals surface area (Å²) in [5.41, 5.74) is 5.23. The number of carbonyl (C=O) groups is 2. The summed E-state index contributed by atoms with van der Waals surface area (Å²) in [6, 6.07) is 8.60. The SMILES string of the molecule is NC(=O)c1cc(S(=O)c2ccc(F)cc2)sc1NC(=O)c1ccc(F)cn1. The molecule has 0 spiro atoms. The quantitative estimate of drug-likeness (QED) is 0.679. The van der Waals surface area contributed by atoms with Gasteiger partial charge in [0.05, 0.1) is 26.8 Å². The summed E-state index contributed by atoms with van der Waals surface area (Å²) in [6.45, 7) is 0. The van der Waals surface area contributed by atoms with Crippen LogP contribution in [0.4, 0.5) is 13.8 Å². The number of halogens is 2. The van der Waals surface area contributed by atoms with Crippen LogP contribution < -0.4 is 11.1 Å². The molecular formula is C17H11F2N3O3S2. The number of pyridine rings is 1. The Morgan fingerprint density at radius 1 is 1.07 bits per heavy atom. The highest BCUT2D eigenvalue weighted by Crippen LogP contribution is 2.33. The predicted octanol–water partition coefficient (Wildman–Crippen LogP) is 2.94. The lowest BCUT2D eigenvalue weighted by atomic mass is 10.3. The third-order valence-electron chi connectivity index (χ3n) is 3.37. The second kappa shape index (κ2) is 7.72. The van der Waals surface area contributed by atoms with Gasteiger partial charge in [-0.1, -0.05) is 0 Å². The highest BCUT2D eigenvalue weighted by molar-refractivity contribution is 7.87. The number of amides is 2. The fourth-order valence-corrected chi connectivity index (χ4v) is 4.56. The summed E-state index contributed by atoms with van der Waals surface area (Å²) in [5, 5.41) is 2.55. The minimum Gasteiger partial charge on any atom is -0.366 e. The maximum Gasteiger partial charge on any atom is 0.274 e. The van der Waals surface area contributed by atoms with Gasteiger partial charge in [-0.05, 0) is 42.5 Å². The molecule has 0 aliphatic rings. The third-order valence-corrected chi connectivity index (χ3v) is 6.11. The highest BCUT2D eigenvalue weighted by atomic mass is 32.2. The molecule has 1 unspecified atom stereocenters. The van der Waals surface area contributed by atoms with Crippen LogP contribution >= 0.6 is 11.3 Å². The van der Waals surface area contributed by atoms with Gasteiger partial charge in [-0.15, -0.1) is 11.3 Å². The summed E-state index contributed by atoms with van der Waals surface area (Å²) >= 11 is 0.893. The number of anilines is 1. The molecule has 27 heavy (non-hydrogen) atoms. The summed E-state index contributed by atoms with van der Waals surface area (Å²) < 4.78 is 38.8. The molecule has 6 nitrogen and oxygen atoms in total. The van der Waals surface area contributed by atoms with Crippen molar-refractivity contribution in [3.05, 3.63) is 71.6 Å². The summed E-state index contributed by atoms with van der Waals surface area (Å²) in [5.74, 6) is -2.58. The first kappa shape index (κ1) is 18.8. The standard InChI is InChI=1S/C17H11F2N3O3S2/c18-9-1-4-11(5-2-9)27(25)14-7-12(15(20)23)17(26-14)22-16(24)13-6-3-10(19)8-21-13/h1-8H,(H2,20,23)(H,22,24). The molecule has 2 amide bonds. The van der Waals surface area contributed by atoms with E-state index in [1.165, 1.54) is 36.4 Å². The van der Waals surface area contributed by atoms with Crippen molar-refractivity contribution in [1.29, 1.82) is 0 Å². The van der Waals surface area contributed by atoms with Crippen molar-refractivity contribution in [2.45, 2.75) is 9.10 Å². The largest absolute Gasteiger partial charge is 0.366 e. The van der Waals surface area contributed by atoms with Gasteiger partial charge >= 0.3 is 0 Å². The van der Waals surface area contributed by atoms with Crippen molar-refractivity contribution in [2.24, 2.45) is 5.73 Å². The zero-order chi connectivity index (χ0) is 19.6. The number of carbonyl (C=O) groups excluding carboxylic acids is 2. The predicted molar refractivity (Wildman–Crippen MR) is 96.1 cm³/mol. The Kier molecular flexibility index (Phi) is 5.38. The number of benzene rings is 1. The lowest BCUT2D eigenvalue weighted by Crippen LogP contribution is -2.17. The lowest BCUT2D eigenvalue weighted by molar-refractivity contribution is 0.100. The fourth-order valence-electron chi connectivity index (χ4n) is 2.09. The fraction of sp³-hybridized carbons (Fsp3) is 0. The first-order chi connectivity index (χ1) is 12.8. The van der Waals surface area contributed by atoms with Crippen molar-refractivity contribution < 1.29 is 22.6 Å². The lowest BCUT2D eigenvalue weighted by Gasteiger charge is -2.03. The molecule has 2 heterocycles. The molecule has 0 aliphatic carbocycles. The van der Waals surface area contributed by atoms with Gasteiger partial charge in [0.1, 0.15) is 22.3 Å². The Labute approximate surface area is 158 Å². The number of aromatic nitrogens is 1. The van der Waals surface area contributed by atoms with Gasteiger partial charge in [-0.25, -0.2) is 18.0 Å². The molecule has 3 aromatic rings. The normalized spacial score (nSPS) is 11.8. The molecule has 0 radical (unpaired) electrons. The molecule has 138 valence electrons. The monoisotopic (exact) mass is 407 g/mol. The zero-order valence-electron chi connectivity index (χ0n) is 13.4. The van der Waals surface area contributed by atoms with Gasteiger partial charge < -0.3 is 11.1 Å². The van der Waals surface area contributed by atoms with Crippen LogP contribution in [0.25, 0.3) is 0 Å². The maximum atomic E-state index is 13.0. The van der Waals surface area contributed by atoms with Crippen LogP contribution in [0.5, 0.6) is 0 Å². The van der Waals surface area contributed by atoms with Crippen molar-refractivity contribution in [3.63, 3.8) is 0 Å². The van der Waals surface area contributed by atoms with E-state index in [0.29, 0.717) is 4.90 Å². The van der Waals surface area contributed by atoms with E-state index in [0.717, 1.165) is 23.6 Å². The maximum absolute atomic E-state index is 13.0. The first-order valence-corrected chi connectivity index (χ1v) is 9.35. The number of nitrogens with two attached hydrogens (primary N) is 1. The minimum atomic E-state index is -1.70. The van der Waals surface area contributed by atoms with E-state index in [-0.39, 0.29) is 20.5 Å². The van der Waals surface area contributed by atoms with Crippen LogP contribution in [0.1, 0.15) is 20.8 Å². The van der Waals surface area contributed by atoms with E-state index in [1.807, 2.05) is 0 Å². The number of primary amides is 1. The number of hydrogen-bond donors (Lipinski definition) is 2. The average molecular weight is 407 g/mol.